The summed E-state index contributed by atoms with van der Waals surface area (Å²) in [6, 6.07) is 9.94. The van der Waals surface area contributed by atoms with Crippen LogP contribution in [0.25, 0.3) is 0 Å². The Morgan fingerprint density at radius 2 is 2.20 bits per heavy atom. The van der Waals surface area contributed by atoms with Gasteiger partial charge in [0.2, 0.25) is 0 Å². The standard InChI is InChI=1S/C11H13NO2S/c1-14-11(13)9-7-15-10(12-9)8-5-3-2-4-6-8/h2-6,9-10,12H,7H2,1H3. The molecule has 1 aliphatic heterocycles. The molecule has 1 aromatic rings. The Balaban J connectivity index is 2.02. The third kappa shape index (κ3) is 2.33. The van der Waals surface area contributed by atoms with Crippen LogP contribution in [0.2, 0.25) is 0 Å². The molecule has 3 nitrogen and oxygen atoms in total. The largest absolute Gasteiger partial charge is 0.468 e. The van der Waals surface area contributed by atoms with Gasteiger partial charge in [0.15, 0.2) is 0 Å². The van der Waals surface area contributed by atoms with Gasteiger partial charge in [-0.2, -0.15) is 0 Å². The molecule has 0 bridgehead atoms. The van der Waals surface area contributed by atoms with Crippen LogP contribution in [0.4, 0.5) is 0 Å². The van der Waals surface area contributed by atoms with Crippen molar-refractivity contribution in [2.24, 2.45) is 0 Å². The summed E-state index contributed by atoms with van der Waals surface area (Å²) in [6.07, 6.45) is 0. The smallest absolute Gasteiger partial charge is 0.323 e. The molecule has 1 aliphatic rings. The summed E-state index contributed by atoms with van der Waals surface area (Å²) in [5, 5.41) is 3.45. The highest BCUT2D eigenvalue weighted by Gasteiger charge is 2.30. The Labute approximate surface area is 93.2 Å². The van der Waals surface area contributed by atoms with Crippen molar-refractivity contribution in [3.63, 3.8) is 0 Å². The molecule has 80 valence electrons. The third-order valence-electron chi connectivity index (χ3n) is 2.37. The van der Waals surface area contributed by atoms with Crippen molar-refractivity contribution < 1.29 is 9.53 Å². The highest BCUT2D eigenvalue weighted by atomic mass is 32.2. The Kier molecular flexibility index (Phi) is 3.28. The zero-order valence-electron chi connectivity index (χ0n) is 8.47. The zero-order valence-corrected chi connectivity index (χ0v) is 9.29. The van der Waals surface area contributed by atoms with E-state index in [2.05, 4.69) is 17.4 Å². The Bertz CT molecular complexity index is 342. The SMILES string of the molecule is COC(=O)C1CSC(c2ccccc2)N1. The predicted octanol–water partition coefficient (Wildman–Crippen LogP) is 1.56. The molecule has 0 aromatic heterocycles. The molecule has 1 aromatic carbocycles. The number of hydrogen-bond acceptors (Lipinski definition) is 4. The number of ether oxygens (including phenoxy) is 1. The molecule has 2 rings (SSSR count). The van der Waals surface area contributed by atoms with Gasteiger partial charge in [0.05, 0.1) is 12.5 Å². The first-order chi connectivity index (χ1) is 7.31. The van der Waals surface area contributed by atoms with E-state index in [0.717, 1.165) is 5.75 Å². The second-order valence-electron chi connectivity index (χ2n) is 3.37. The van der Waals surface area contributed by atoms with Crippen molar-refractivity contribution in [3.05, 3.63) is 35.9 Å². The molecule has 1 fully saturated rings. The van der Waals surface area contributed by atoms with Gasteiger partial charge in [0.1, 0.15) is 6.04 Å². The number of benzene rings is 1. The maximum atomic E-state index is 11.3. The van der Waals surface area contributed by atoms with Crippen LogP contribution < -0.4 is 5.32 Å². The summed E-state index contributed by atoms with van der Waals surface area (Å²) in [7, 11) is 1.42. The molecular weight excluding hydrogens is 210 g/mol. The molecule has 0 radical (unpaired) electrons. The zero-order chi connectivity index (χ0) is 10.7. The number of esters is 1. The van der Waals surface area contributed by atoms with Crippen LogP contribution in [0.5, 0.6) is 0 Å². The van der Waals surface area contributed by atoms with Gasteiger partial charge in [-0.3, -0.25) is 10.1 Å². The lowest BCUT2D eigenvalue weighted by atomic mass is 10.2. The minimum atomic E-state index is -0.180. The van der Waals surface area contributed by atoms with Crippen LogP contribution in [0.15, 0.2) is 30.3 Å². The first-order valence-electron chi connectivity index (χ1n) is 4.81. The minimum absolute atomic E-state index is 0.176. The molecule has 15 heavy (non-hydrogen) atoms. The molecule has 0 amide bonds. The van der Waals surface area contributed by atoms with E-state index in [1.54, 1.807) is 11.8 Å². The lowest BCUT2D eigenvalue weighted by Gasteiger charge is -2.11. The fraction of sp³-hybridized carbons (Fsp3) is 0.364. The molecule has 1 saturated heterocycles. The molecule has 0 aliphatic carbocycles. The average molecular weight is 223 g/mol. The highest BCUT2D eigenvalue weighted by Crippen LogP contribution is 2.32. The molecule has 0 spiro atoms. The lowest BCUT2D eigenvalue weighted by molar-refractivity contribution is -0.142. The molecule has 1 heterocycles. The van der Waals surface area contributed by atoms with Gasteiger partial charge in [0.25, 0.3) is 0 Å². The van der Waals surface area contributed by atoms with Crippen molar-refractivity contribution in [1.82, 2.24) is 5.32 Å². The summed E-state index contributed by atoms with van der Waals surface area (Å²) >= 11 is 1.74. The molecule has 2 unspecified atom stereocenters. The quantitative estimate of drug-likeness (QED) is 0.772. The van der Waals surface area contributed by atoms with Gasteiger partial charge in [-0.15, -0.1) is 11.8 Å². The van der Waals surface area contributed by atoms with Crippen molar-refractivity contribution >= 4 is 17.7 Å². The fourth-order valence-corrected chi connectivity index (χ4v) is 2.80. The van der Waals surface area contributed by atoms with Gasteiger partial charge in [-0.05, 0) is 5.56 Å². The topological polar surface area (TPSA) is 38.3 Å². The van der Waals surface area contributed by atoms with Gasteiger partial charge in [0, 0.05) is 5.75 Å². The monoisotopic (exact) mass is 223 g/mol. The lowest BCUT2D eigenvalue weighted by Crippen LogP contribution is -2.34. The van der Waals surface area contributed by atoms with E-state index >= 15 is 0 Å². The van der Waals surface area contributed by atoms with Gasteiger partial charge in [-0.1, -0.05) is 30.3 Å². The summed E-state index contributed by atoms with van der Waals surface area (Å²) in [5.41, 5.74) is 1.20. The second-order valence-corrected chi connectivity index (χ2v) is 4.50. The van der Waals surface area contributed by atoms with Crippen LogP contribution in [-0.4, -0.2) is 24.9 Å². The van der Waals surface area contributed by atoms with E-state index in [9.17, 15) is 4.79 Å². The first-order valence-corrected chi connectivity index (χ1v) is 5.86. The molecule has 4 heteroatoms. The summed E-state index contributed by atoms with van der Waals surface area (Å²) in [4.78, 5) is 11.3. The number of hydrogen-bond donors (Lipinski definition) is 1. The Morgan fingerprint density at radius 1 is 1.47 bits per heavy atom. The van der Waals surface area contributed by atoms with Crippen LogP contribution in [0.1, 0.15) is 10.9 Å². The Morgan fingerprint density at radius 3 is 2.87 bits per heavy atom. The van der Waals surface area contributed by atoms with Crippen molar-refractivity contribution in [1.29, 1.82) is 0 Å². The normalized spacial score (nSPS) is 25.1. The summed E-state index contributed by atoms with van der Waals surface area (Å²) in [6.45, 7) is 0. The predicted molar refractivity (Wildman–Crippen MR) is 60.6 cm³/mol. The van der Waals surface area contributed by atoms with E-state index < -0.39 is 0 Å². The molecular formula is C11H13NO2S. The van der Waals surface area contributed by atoms with Crippen LogP contribution in [-0.2, 0) is 9.53 Å². The molecule has 2 atom stereocenters. The molecule has 0 saturated carbocycles. The number of methoxy groups -OCH3 is 1. The first kappa shape index (κ1) is 10.5. The van der Waals surface area contributed by atoms with Gasteiger partial charge < -0.3 is 4.74 Å². The van der Waals surface area contributed by atoms with Crippen molar-refractivity contribution in [3.8, 4) is 0 Å². The number of thioether (sulfide) groups is 1. The van der Waals surface area contributed by atoms with E-state index in [-0.39, 0.29) is 17.4 Å². The number of carbonyl (C=O) groups is 1. The van der Waals surface area contributed by atoms with Crippen LogP contribution in [0.3, 0.4) is 0 Å². The Hall–Kier alpha value is -1.00. The second kappa shape index (κ2) is 4.68. The van der Waals surface area contributed by atoms with E-state index in [1.807, 2.05) is 18.2 Å². The number of carbonyl (C=O) groups excluding carboxylic acids is 1. The summed E-state index contributed by atoms with van der Waals surface area (Å²) in [5.74, 6) is 0.590. The maximum absolute atomic E-state index is 11.3. The van der Waals surface area contributed by atoms with E-state index in [0.29, 0.717) is 0 Å². The number of rotatable bonds is 2. The minimum Gasteiger partial charge on any atom is -0.468 e. The van der Waals surface area contributed by atoms with E-state index in [1.165, 1.54) is 12.7 Å². The fourth-order valence-electron chi connectivity index (χ4n) is 1.57. The molecule has 1 N–H and O–H groups in total. The maximum Gasteiger partial charge on any atom is 0.323 e. The van der Waals surface area contributed by atoms with Crippen LogP contribution in [0, 0.1) is 0 Å². The average Bonchev–Trinajstić information content (AvgIpc) is 2.78. The van der Waals surface area contributed by atoms with Crippen LogP contribution >= 0.6 is 11.8 Å². The van der Waals surface area contributed by atoms with Crippen molar-refractivity contribution in [2.45, 2.75) is 11.4 Å². The van der Waals surface area contributed by atoms with Gasteiger partial charge in [-0.25, -0.2) is 0 Å². The third-order valence-corrected chi connectivity index (χ3v) is 3.64. The number of nitrogens with one attached hydrogen (secondary N) is 1. The van der Waals surface area contributed by atoms with Gasteiger partial charge >= 0.3 is 5.97 Å². The highest BCUT2D eigenvalue weighted by molar-refractivity contribution is 7.99. The summed E-state index contributed by atoms with van der Waals surface area (Å²) < 4.78 is 4.70. The van der Waals surface area contributed by atoms with E-state index in [4.69, 9.17) is 4.74 Å². The van der Waals surface area contributed by atoms with Crippen molar-refractivity contribution in [2.75, 3.05) is 12.9 Å².